The quantitative estimate of drug-likeness (QED) is 0.489. The standard InChI is InChI=1S/C23H26ClN3O2.ClH/c1-17-8-9-18(24)16-21(17)26-14-12-25(13-15-26)10-4-5-11-27-22(28)19-6-2-3-7-20(19)23(27)29;/h2-3,6-9,16H,4-5,10-15H2,1H3;1H. The average Bonchev–Trinajstić information content (AvgIpc) is 2.98. The van der Waals surface area contributed by atoms with E-state index in [0.717, 1.165) is 50.6 Å². The summed E-state index contributed by atoms with van der Waals surface area (Å²) in [5.74, 6) is -0.313. The van der Waals surface area contributed by atoms with Crippen molar-refractivity contribution >= 4 is 41.5 Å². The summed E-state index contributed by atoms with van der Waals surface area (Å²) in [6.45, 7) is 7.61. The number of aryl methyl sites for hydroxylation is 1. The number of benzene rings is 2. The molecule has 2 aliphatic rings. The lowest BCUT2D eigenvalue weighted by Gasteiger charge is -2.37. The number of rotatable bonds is 6. The van der Waals surface area contributed by atoms with Crippen molar-refractivity contribution in [2.75, 3.05) is 44.2 Å². The number of anilines is 1. The van der Waals surface area contributed by atoms with Gasteiger partial charge in [-0.05, 0) is 56.1 Å². The van der Waals surface area contributed by atoms with E-state index in [1.165, 1.54) is 16.2 Å². The van der Waals surface area contributed by atoms with Crippen molar-refractivity contribution < 1.29 is 9.59 Å². The zero-order valence-electron chi connectivity index (χ0n) is 17.1. The summed E-state index contributed by atoms with van der Waals surface area (Å²) >= 11 is 6.16. The van der Waals surface area contributed by atoms with E-state index in [0.29, 0.717) is 17.7 Å². The van der Waals surface area contributed by atoms with Gasteiger partial charge in [-0.25, -0.2) is 0 Å². The number of unbranched alkanes of at least 4 members (excludes halogenated alkanes) is 1. The first-order valence-electron chi connectivity index (χ1n) is 10.2. The van der Waals surface area contributed by atoms with Crippen LogP contribution in [0.15, 0.2) is 42.5 Å². The molecule has 160 valence electrons. The monoisotopic (exact) mass is 447 g/mol. The Labute approximate surface area is 189 Å². The summed E-state index contributed by atoms with van der Waals surface area (Å²) in [5, 5.41) is 0.779. The number of carbonyl (C=O) groups is 2. The van der Waals surface area contributed by atoms with Gasteiger partial charge in [0.25, 0.3) is 11.8 Å². The van der Waals surface area contributed by atoms with Gasteiger partial charge >= 0.3 is 0 Å². The molecule has 1 fully saturated rings. The smallest absolute Gasteiger partial charge is 0.261 e. The molecule has 2 aromatic rings. The second-order valence-electron chi connectivity index (χ2n) is 7.77. The number of amides is 2. The van der Waals surface area contributed by atoms with Gasteiger partial charge in [-0.15, -0.1) is 12.4 Å². The van der Waals surface area contributed by atoms with Crippen LogP contribution in [0.25, 0.3) is 0 Å². The number of halogens is 2. The molecule has 2 heterocycles. The highest BCUT2D eigenvalue weighted by molar-refractivity contribution is 6.30. The van der Waals surface area contributed by atoms with E-state index in [4.69, 9.17) is 11.6 Å². The fourth-order valence-electron chi connectivity index (χ4n) is 4.18. The summed E-state index contributed by atoms with van der Waals surface area (Å²) in [4.78, 5) is 31.1. The van der Waals surface area contributed by atoms with Crippen molar-refractivity contribution in [3.05, 3.63) is 64.2 Å². The topological polar surface area (TPSA) is 43.9 Å². The van der Waals surface area contributed by atoms with Crippen LogP contribution in [0.2, 0.25) is 5.02 Å². The predicted molar refractivity (Wildman–Crippen MR) is 123 cm³/mol. The van der Waals surface area contributed by atoms with E-state index < -0.39 is 0 Å². The van der Waals surface area contributed by atoms with Crippen LogP contribution in [0.1, 0.15) is 39.1 Å². The molecule has 0 spiro atoms. The van der Waals surface area contributed by atoms with Crippen LogP contribution < -0.4 is 4.90 Å². The van der Waals surface area contributed by atoms with Crippen LogP contribution in [0.3, 0.4) is 0 Å². The molecule has 0 unspecified atom stereocenters. The van der Waals surface area contributed by atoms with Crippen LogP contribution >= 0.6 is 24.0 Å². The van der Waals surface area contributed by atoms with Crippen molar-refractivity contribution in [1.29, 1.82) is 0 Å². The van der Waals surface area contributed by atoms with Gasteiger partial charge in [0.15, 0.2) is 0 Å². The number of nitrogens with zero attached hydrogens (tertiary/aromatic N) is 3. The van der Waals surface area contributed by atoms with Crippen LogP contribution in [-0.4, -0.2) is 60.9 Å². The maximum Gasteiger partial charge on any atom is 0.261 e. The number of carbonyl (C=O) groups excluding carboxylic acids is 2. The summed E-state index contributed by atoms with van der Waals surface area (Å²) in [5.41, 5.74) is 3.54. The van der Waals surface area contributed by atoms with E-state index in [2.05, 4.69) is 28.9 Å². The second kappa shape index (κ2) is 9.82. The Morgan fingerprint density at radius 3 is 2.10 bits per heavy atom. The third-order valence-electron chi connectivity index (χ3n) is 5.87. The van der Waals surface area contributed by atoms with Crippen LogP contribution in [-0.2, 0) is 0 Å². The molecule has 0 atom stereocenters. The Morgan fingerprint density at radius 1 is 0.867 bits per heavy atom. The Bertz CT molecular complexity index is 891. The Kier molecular flexibility index (Phi) is 7.40. The van der Waals surface area contributed by atoms with Crippen LogP contribution in [0, 0.1) is 6.92 Å². The molecule has 1 saturated heterocycles. The summed E-state index contributed by atoms with van der Waals surface area (Å²) in [6, 6.07) is 13.1. The van der Waals surface area contributed by atoms with Gasteiger partial charge in [0.05, 0.1) is 11.1 Å². The van der Waals surface area contributed by atoms with Crippen molar-refractivity contribution in [3.8, 4) is 0 Å². The van der Waals surface area contributed by atoms with E-state index in [9.17, 15) is 9.59 Å². The number of hydrogen-bond donors (Lipinski definition) is 0. The predicted octanol–water partition coefficient (Wildman–Crippen LogP) is 4.27. The molecule has 30 heavy (non-hydrogen) atoms. The van der Waals surface area contributed by atoms with Crippen molar-refractivity contribution in [3.63, 3.8) is 0 Å². The molecule has 0 radical (unpaired) electrons. The molecule has 0 aliphatic carbocycles. The molecule has 0 bridgehead atoms. The average molecular weight is 448 g/mol. The van der Waals surface area contributed by atoms with Crippen molar-refractivity contribution in [1.82, 2.24) is 9.80 Å². The van der Waals surface area contributed by atoms with Crippen molar-refractivity contribution in [2.45, 2.75) is 19.8 Å². The summed E-state index contributed by atoms with van der Waals surface area (Å²) < 4.78 is 0. The minimum atomic E-state index is -0.156. The van der Waals surface area contributed by atoms with Gasteiger partial charge in [0, 0.05) is 43.4 Å². The molecule has 0 saturated carbocycles. The van der Waals surface area contributed by atoms with E-state index >= 15 is 0 Å². The highest BCUT2D eigenvalue weighted by Crippen LogP contribution is 2.26. The zero-order chi connectivity index (χ0) is 20.4. The highest BCUT2D eigenvalue weighted by atomic mass is 35.5. The molecule has 0 aromatic heterocycles. The Hall–Kier alpha value is -2.08. The first-order valence-corrected chi connectivity index (χ1v) is 10.6. The van der Waals surface area contributed by atoms with E-state index in [-0.39, 0.29) is 24.2 Å². The molecule has 0 N–H and O–H groups in total. The lowest BCUT2D eigenvalue weighted by molar-refractivity contribution is 0.0650. The normalized spacial score (nSPS) is 16.6. The number of imide groups is 1. The SMILES string of the molecule is Cc1ccc(Cl)cc1N1CCN(CCCCN2C(=O)c3ccccc3C2=O)CC1.Cl. The number of piperazine rings is 1. The molecular weight excluding hydrogens is 421 g/mol. The largest absolute Gasteiger partial charge is 0.369 e. The lowest BCUT2D eigenvalue weighted by Crippen LogP contribution is -2.47. The van der Waals surface area contributed by atoms with E-state index in [1.807, 2.05) is 6.07 Å². The molecule has 4 rings (SSSR count). The molecule has 5 nitrogen and oxygen atoms in total. The van der Waals surface area contributed by atoms with Gasteiger partial charge < -0.3 is 4.90 Å². The van der Waals surface area contributed by atoms with Gasteiger partial charge in [-0.3, -0.25) is 19.4 Å². The summed E-state index contributed by atoms with van der Waals surface area (Å²) in [6.07, 6.45) is 1.81. The summed E-state index contributed by atoms with van der Waals surface area (Å²) in [7, 11) is 0. The van der Waals surface area contributed by atoms with Gasteiger partial charge in [-0.2, -0.15) is 0 Å². The first kappa shape index (κ1) is 22.6. The minimum absolute atomic E-state index is 0. The zero-order valence-corrected chi connectivity index (χ0v) is 18.7. The third-order valence-corrected chi connectivity index (χ3v) is 6.10. The molecule has 2 aliphatic heterocycles. The third kappa shape index (κ3) is 4.64. The minimum Gasteiger partial charge on any atom is -0.369 e. The second-order valence-corrected chi connectivity index (χ2v) is 8.21. The molecule has 2 amide bonds. The van der Waals surface area contributed by atoms with E-state index in [1.54, 1.807) is 24.3 Å². The maximum absolute atomic E-state index is 12.4. The molecule has 2 aromatic carbocycles. The maximum atomic E-state index is 12.4. The fourth-order valence-corrected chi connectivity index (χ4v) is 4.35. The first-order chi connectivity index (χ1) is 14.0. The lowest BCUT2D eigenvalue weighted by atomic mass is 10.1. The number of hydrogen-bond acceptors (Lipinski definition) is 4. The molecular formula is C23H27Cl2N3O2. The van der Waals surface area contributed by atoms with Crippen molar-refractivity contribution in [2.24, 2.45) is 0 Å². The number of fused-ring (bicyclic) bond motifs is 1. The Balaban J connectivity index is 0.00000256. The van der Waals surface area contributed by atoms with Gasteiger partial charge in [0.1, 0.15) is 0 Å². The fraction of sp³-hybridized carbons (Fsp3) is 0.391. The highest BCUT2D eigenvalue weighted by Gasteiger charge is 2.34. The van der Waals surface area contributed by atoms with Crippen LogP contribution in [0.4, 0.5) is 5.69 Å². The Morgan fingerprint density at radius 2 is 1.47 bits per heavy atom. The van der Waals surface area contributed by atoms with Gasteiger partial charge in [0.2, 0.25) is 0 Å². The van der Waals surface area contributed by atoms with Gasteiger partial charge in [-0.1, -0.05) is 29.8 Å². The molecule has 7 heteroatoms. The van der Waals surface area contributed by atoms with Crippen LogP contribution in [0.5, 0.6) is 0 Å².